The van der Waals surface area contributed by atoms with Crippen LogP contribution < -0.4 is 10.1 Å². The van der Waals surface area contributed by atoms with Crippen molar-refractivity contribution < 1.29 is 28.2 Å². The predicted molar refractivity (Wildman–Crippen MR) is 111 cm³/mol. The number of rotatable bonds is 7. The molecule has 1 aromatic heterocycles. The quantitative estimate of drug-likeness (QED) is 0.511. The smallest absolute Gasteiger partial charge is 0.405 e. The highest BCUT2D eigenvalue weighted by molar-refractivity contribution is 6.17. The van der Waals surface area contributed by atoms with E-state index in [-0.39, 0.29) is 17.0 Å². The van der Waals surface area contributed by atoms with Gasteiger partial charge in [0.1, 0.15) is 11.6 Å². The van der Waals surface area contributed by atoms with Gasteiger partial charge in [0.15, 0.2) is 5.78 Å². The van der Waals surface area contributed by atoms with Crippen LogP contribution in [-0.2, 0) is 0 Å². The molecule has 0 fully saturated rings. The summed E-state index contributed by atoms with van der Waals surface area (Å²) in [4.78, 5) is 28.3. The second-order valence-electron chi connectivity index (χ2n) is 7.31. The summed E-state index contributed by atoms with van der Waals surface area (Å²) in [5, 5.41) is 12.3. The number of hydrogen-bond donors (Lipinski definition) is 2. The number of fused-ring (bicyclic) bond motifs is 1. The predicted octanol–water partition coefficient (Wildman–Crippen LogP) is 5.11. The molecule has 2 aromatic carbocycles. The molecule has 8 heteroatoms. The Morgan fingerprint density at radius 1 is 1.13 bits per heavy atom. The number of carbonyl (C=O) groups excluding carboxylic acids is 1. The minimum Gasteiger partial charge on any atom is -0.478 e. The zero-order valence-electron chi connectivity index (χ0n) is 17.3. The summed E-state index contributed by atoms with van der Waals surface area (Å²) in [6.07, 6.45) is 0.152. The van der Waals surface area contributed by atoms with E-state index in [1.807, 2.05) is 0 Å². The van der Waals surface area contributed by atoms with Gasteiger partial charge in [0.05, 0.1) is 18.2 Å². The fraction of sp³-hybridized carbons (Fsp3) is 0.261. The van der Waals surface area contributed by atoms with Gasteiger partial charge < -0.3 is 15.2 Å². The lowest BCUT2D eigenvalue weighted by molar-refractivity contribution is 0.103. The van der Waals surface area contributed by atoms with Gasteiger partial charge >= 0.3 is 6.09 Å². The number of halogens is 2. The lowest BCUT2D eigenvalue weighted by Crippen LogP contribution is -2.30. The van der Waals surface area contributed by atoms with Crippen molar-refractivity contribution in [2.75, 3.05) is 6.61 Å². The molecule has 0 saturated carbocycles. The molecule has 0 bridgehead atoms. The number of carbonyl (C=O) groups is 2. The van der Waals surface area contributed by atoms with Gasteiger partial charge in [-0.25, -0.2) is 18.6 Å². The third-order valence-electron chi connectivity index (χ3n) is 4.89. The molecule has 3 aromatic rings. The highest BCUT2D eigenvalue weighted by Gasteiger charge is 2.26. The lowest BCUT2D eigenvalue weighted by Gasteiger charge is -2.22. The highest BCUT2D eigenvalue weighted by atomic mass is 19.1. The molecule has 162 valence electrons. The first-order valence-corrected chi connectivity index (χ1v) is 9.78. The van der Waals surface area contributed by atoms with Gasteiger partial charge in [-0.05, 0) is 48.1 Å². The first kappa shape index (κ1) is 22.1. The molecule has 0 spiro atoms. The Bertz CT molecular complexity index is 1120. The lowest BCUT2D eigenvalue weighted by atomic mass is 9.92. The number of benzene rings is 2. The van der Waals surface area contributed by atoms with Crippen molar-refractivity contribution in [2.45, 2.75) is 26.8 Å². The van der Waals surface area contributed by atoms with Crippen LogP contribution in [0.25, 0.3) is 10.8 Å². The Morgan fingerprint density at radius 2 is 1.81 bits per heavy atom. The molecule has 31 heavy (non-hydrogen) atoms. The van der Waals surface area contributed by atoms with Gasteiger partial charge in [0, 0.05) is 17.1 Å². The van der Waals surface area contributed by atoms with Crippen molar-refractivity contribution >= 4 is 22.6 Å². The van der Waals surface area contributed by atoms with Crippen LogP contribution in [-0.4, -0.2) is 28.6 Å². The minimum absolute atomic E-state index is 0.102. The summed E-state index contributed by atoms with van der Waals surface area (Å²) in [6.45, 7) is 5.60. The third-order valence-corrected chi connectivity index (χ3v) is 4.89. The van der Waals surface area contributed by atoms with E-state index in [0.717, 1.165) is 12.1 Å². The number of nitrogens with zero attached hydrogens (tertiary/aromatic N) is 1. The number of carboxylic acid groups (broad SMARTS) is 1. The Kier molecular flexibility index (Phi) is 6.48. The number of amides is 1. The monoisotopic (exact) mass is 428 g/mol. The molecule has 2 N–H and O–H groups in total. The van der Waals surface area contributed by atoms with Crippen LogP contribution in [0.2, 0.25) is 0 Å². The van der Waals surface area contributed by atoms with E-state index in [1.165, 1.54) is 12.3 Å². The van der Waals surface area contributed by atoms with Crippen LogP contribution in [0.4, 0.5) is 13.6 Å². The van der Waals surface area contributed by atoms with E-state index in [2.05, 4.69) is 10.3 Å². The molecule has 0 aliphatic carbocycles. The van der Waals surface area contributed by atoms with E-state index < -0.39 is 35.1 Å². The van der Waals surface area contributed by atoms with Crippen molar-refractivity contribution in [1.29, 1.82) is 0 Å². The summed E-state index contributed by atoms with van der Waals surface area (Å²) >= 11 is 0. The first-order chi connectivity index (χ1) is 14.7. The zero-order chi connectivity index (χ0) is 22.7. The Balaban J connectivity index is 2.09. The maximum Gasteiger partial charge on any atom is 0.405 e. The largest absolute Gasteiger partial charge is 0.478 e. The maximum absolute atomic E-state index is 14.9. The molecule has 1 atom stereocenters. The summed E-state index contributed by atoms with van der Waals surface area (Å²) < 4.78 is 35.3. The Labute approximate surface area is 177 Å². The number of aromatic nitrogens is 1. The topological polar surface area (TPSA) is 88.5 Å². The van der Waals surface area contributed by atoms with Gasteiger partial charge in [-0.1, -0.05) is 26.0 Å². The Hall–Kier alpha value is -3.55. The van der Waals surface area contributed by atoms with Crippen molar-refractivity contribution in [3.8, 4) is 5.88 Å². The van der Waals surface area contributed by atoms with Crippen molar-refractivity contribution in [1.82, 2.24) is 10.3 Å². The number of ether oxygens (including phenoxy) is 1. The van der Waals surface area contributed by atoms with Crippen LogP contribution in [0.3, 0.4) is 0 Å². The molecule has 3 rings (SSSR count). The van der Waals surface area contributed by atoms with Crippen LogP contribution in [0.5, 0.6) is 5.88 Å². The van der Waals surface area contributed by atoms with Crippen molar-refractivity contribution in [3.05, 3.63) is 70.9 Å². The van der Waals surface area contributed by atoms with E-state index in [4.69, 9.17) is 9.84 Å². The van der Waals surface area contributed by atoms with E-state index in [1.54, 1.807) is 39.0 Å². The third kappa shape index (κ3) is 4.47. The molecule has 0 radical (unpaired) electrons. The van der Waals surface area contributed by atoms with Crippen molar-refractivity contribution in [3.63, 3.8) is 0 Å². The van der Waals surface area contributed by atoms with Crippen LogP contribution in [0.15, 0.2) is 42.6 Å². The van der Waals surface area contributed by atoms with Gasteiger partial charge in [-0.3, -0.25) is 4.79 Å². The SMILES string of the molecule is CCOc1nccc2c(C(=O)c3c(F)cc(C(NC(=O)O)C(C)C)cc3F)cccc12. The number of ketones is 1. The normalized spacial score (nSPS) is 12.1. The maximum atomic E-state index is 14.9. The second kappa shape index (κ2) is 9.07. The highest BCUT2D eigenvalue weighted by Crippen LogP contribution is 2.30. The second-order valence-corrected chi connectivity index (χ2v) is 7.31. The fourth-order valence-corrected chi connectivity index (χ4v) is 3.52. The fourth-order valence-electron chi connectivity index (χ4n) is 3.52. The summed E-state index contributed by atoms with van der Waals surface area (Å²) in [6, 6.07) is 7.53. The Morgan fingerprint density at radius 3 is 2.39 bits per heavy atom. The van der Waals surface area contributed by atoms with Crippen LogP contribution in [0.1, 0.15) is 48.3 Å². The number of hydrogen-bond acceptors (Lipinski definition) is 4. The average molecular weight is 428 g/mol. The molecule has 1 unspecified atom stereocenters. The van der Waals surface area contributed by atoms with Gasteiger partial charge in [-0.15, -0.1) is 0 Å². The summed E-state index contributed by atoms with van der Waals surface area (Å²) in [5.41, 5.74) is -0.496. The first-order valence-electron chi connectivity index (χ1n) is 9.78. The summed E-state index contributed by atoms with van der Waals surface area (Å²) in [7, 11) is 0. The molecule has 1 amide bonds. The molecule has 0 aliphatic rings. The van der Waals surface area contributed by atoms with Gasteiger partial charge in [-0.2, -0.15) is 0 Å². The molecule has 6 nitrogen and oxygen atoms in total. The summed E-state index contributed by atoms with van der Waals surface area (Å²) in [5.74, 6) is -2.89. The van der Waals surface area contributed by atoms with Crippen LogP contribution in [0, 0.1) is 17.6 Å². The van der Waals surface area contributed by atoms with Gasteiger partial charge in [0.2, 0.25) is 5.88 Å². The van der Waals surface area contributed by atoms with Gasteiger partial charge in [0.25, 0.3) is 0 Å². The molecular formula is C23H22F2N2O4. The molecule has 0 saturated heterocycles. The standard InChI is InChI=1S/C23H22F2N2O4/c1-4-31-22-16-7-5-6-15(14(16)8-9-26-22)21(28)19-17(24)10-13(11-18(19)25)20(12(2)3)27-23(29)30/h5-12,20,27H,4H2,1-3H3,(H,29,30). The molecule has 1 heterocycles. The van der Waals surface area contributed by atoms with Crippen LogP contribution >= 0.6 is 0 Å². The molecular weight excluding hydrogens is 406 g/mol. The number of nitrogens with one attached hydrogen (secondary N) is 1. The van der Waals surface area contributed by atoms with Crippen molar-refractivity contribution in [2.24, 2.45) is 5.92 Å². The average Bonchev–Trinajstić information content (AvgIpc) is 2.71. The number of pyridine rings is 1. The minimum atomic E-state index is -1.31. The van der Waals surface area contributed by atoms with E-state index >= 15 is 0 Å². The molecule has 0 aliphatic heterocycles. The van der Waals surface area contributed by atoms with E-state index in [9.17, 15) is 18.4 Å². The van der Waals surface area contributed by atoms with E-state index in [0.29, 0.717) is 23.3 Å². The zero-order valence-corrected chi connectivity index (χ0v) is 17.3.